The van der Waals surface area contributed by atoms with Crippen LogP contribution in [-0.4, -0.2) is 15.6 Å². The van der Waals surface area contributed by atoms with Crippen LogP contribution in [-0.2, 0) is 0 Å². The maximum absolute atomic E-state index is 14.2. The van der Waals surface area contributed by atoms with E-state index in [1.54, 1.807) is 10.7 Å². The van der Waals surface area contributed by atoms with E-state index in [1.165, 1.54) is 0 Å². The summed E-state index contributed by atoms with van der Waals surface area (Å²) in [6, 6.07) is 11.3. The zero-order chi connectivity index (χ0) is 13.7. The lowest BCUT2D eigenvalue weighted by atomic mass is 10.0. The minimum absolute atomic E-state index is 0.0749. The number of carbonyl (C=O) groups is 1. The van der Waals surface area contributed by atoms with Gasteiger partial charge < -0.3 is 0 Å². The Bertz CT molecular complexity index is 660. The largest absolute Gasteiger partial charge is 0.292 e. The molecule has 0 unspecified atom stereocenters. The fourth-order valence-corrected chi connectivity index (χ4v) is 2.94. The van der Waals surface area contributed by atoms with Crippen LogP contribution in [0.1, 0.15) is 53.2 Å². The Morgan fingerprint density at radius 3 is 2.70 bits per heavy atom. The van der Waals surface area contributed by atoms with Crippen LogP contribution in [0.15, 0.2) is 36.4 Å². The lowest BCUT2D eigenvalue weighted by molar-refractivity contribution is 0.0961. The highest BCUT2D eigenvalue weighted by Crippen LogP contribution is 2.41. The van der Waals surface area contributed by atoms with Crippen LogP contribution < -0.4 is 0 Å². The number of aromatic nitrogens is 2. The van der Waals surface area contributed by atoms with Crippen molar-refractivity contribution in [1.82, 2.24) is 9.78 Å². The number of Topliss-reactive ketones (excluding diaryl/α,β-unsaturated/α-hetero) is 1. The normalized spacial score (nSPS) is 24.6. The van der Waals surface area contributed by atoms with E-state index in [-0.39, 0.29) is 17.7 Å². The van der Waals surface area contributed by atoms with Crippen LogP contribution in [0.4, 0.5) is 4.39 Å². The smallest absolute Gasteiger partial charge is 0.186 e. The number of fused-ring (bicyclic) bond motifs is 1. The predicted molar refractivity (Wildman–Crippen MR) is 72.3 cm³/mol. The molecule has 102 valence electrons. The van der Waals surface area contributed by atoms with Crippen LogP contribution >= 0.6 is 0 Å². The first-order valence-electron chi connectivity index (χ1n) is 7.06. The van der Waals surface area contributed by atoms with E-state index in [9.17, 15) is 9.18 Å². The summed E-state index contributed by atoms with van der Waals surface area (Å²) in [4.78, 5) is 12.1. The van der Waals surface area contributed by atoms with Gasteiger partial charge in [-0.15, -0.1) is 0 Å². The van der Waals surface area contributed by atoms with Crippen LogP contribution in [0.3, 0.4) is 0 Å². The highest BCUT2D eigenvalue weighted by atomic mass is 19.1. The van der Waals surface area contributed by atoms with E-state index in [0.717, 1.165) is 18.4 Å². The summed E-state index contributed by atoms with van der Waals surface area (Å²) in [7, 11) is 0. The molecular formula is C16H15FN2O. The second-order valence-corrected chi connectivity index (χ2v) is 5.67. The number of hydrogen-bond donors (Lipinski definition) is 0. The molecule has 0 N–H and O–H groups in total. The van der Waals surface area contributed by atoms with Gasteiger partial charge in [0.2, 0.25) is 0 Å². The summed E-state index contributed by atoms with van der Waals surface area (Å²) in [5.74, 6) is 0.199. The first-order chi connectivity index (χ1) is 9.74. The molecule has 1 saturated carbocycles. The summed E-state index contributed by atoms with van der Waals surface area (Å²) < 4.78 is 15.9. The third kappa shape index (κ3) is 1.79. The van der Waals surface area contributed by atoms with Crippen molar-refractivity contribution in [2.75, 3.05) is 0 Å². The highest BCUT2D eigenvalue weighted by Gasteiger charge is 2.37. The molecule has 4 rings (SSSR count). The van der Waals surface area contributed by atoms with Crippen molar-refractivity contribution in [2.24, 2.45) is 5.92 Å². The maximum atomic E-state index is 14.2. The van der Waals surface area contributed by atoms with Crippen molar-refractivity contribution in [1.29, 1.82) is 0 Å². The Hall–Kier alpha value is -1.97. The summed E-state index contributed by atoms with van der Waals surface area (Å²) >= 11 is 0. The molecule has 2 heterocycles. The topological polar surface area (TPSA) is 34.9 Å². The average Bonchev–Trinajstić information content (AvgIpc) is 3.15. The first-order valence-corrected chi connectivity index (χ1v) is 7.06. The molecule has 2 aliphatic rings. The van der Waals surface area contributed by atoms with Crippen molar-refractivity contribution < 1.29 is 9.18 Å². The van der Waals surface area contributed by atoms with E-state index in [1.807, 2.05) is 30.3 Å². The molecule has 3 nitrogen and oxygen atoms in total. The number of ketones is 1. The molecule has 0 spiro atoms. The van der Waals surface area contributed by atoms with Crippen LogP contribution in [0, 0.1) is 5.92 Å². The Kier molecular flexibility index (Phi) is 2.52. The Morgan fingerprint density at radius 2 is 2.00 bits per heavy atom. The van der Waals surface area contributed by atoms with Crippen molar-refractivity contribution in [3.05, 3.63) is 53.3 Å². The van der Waals surface area contributed by atoms with E-state index in [2.05, 4.69) is 5.10 Å². The zero-order valence-electron chi connectivity index (χ0n) is 11.0. The average molecular weight is 270 g/mol. The Balaban J connectivity index is 1.72. The molecule has 2 atom stereocenters. The van der Waals surface area contributed by atoms with Crippen molar-refractivity contribution in [3.8, 4) is 0 Å². The quantitative estimate of drug-likeness (QED) is 0.800. The molecule has 0 saturated heterocycles. The van der Waals surface area contributed by atoms with Gasteiger partial charge in [-0.25, -0.2) is 4.39 Å². The van der Waals surface area contributed by atoms with Gasteiger partial charge in [0.05, 0.1) is 11.7 Å². The minimum Gasteiger partial charge on any atom is -0.292 e. The van der Waals surface area contributed by atoms with E-state index in [0.29, 0.717) is 17.8 Å². The molecule has 0 bridgehead atoms. The molecule has 20 heavy (non-hydrogen) atoms. The van der Waals surface area contributed by atoms with Crippen molar-refractivity contribution >= 4 is 5.78 Å². The second-order valence-electron chi connectivity index (χ2n) is 5.67. The minimum atomic E-state index is -1.03. The van der Waals surface area contributed by atoms with E-state index < -0.39 is 6.17 Å². The number of alkyl halides is 1. The molecule has 1 fully saturated rings. The third-order valence-electron chi connectivity index (χ3n) is 4.20. The van der Waals surface area contributed by atoms with Gasteiger partial charge in [0.1, 0.15) is 11.9 Å². The number of carbonyl (C=O) groups excluding carboxylic acids is 1. The van der Waals surface area contributed by atoms with Gasteiger partial charge in [0.15, 0.2) is 5.78 Å². The number of halogens is 1. The molecule has 0 radical (unpaired) electrons. The molecule has 1 aromatic heterocycles. The predicted octanol–water partition coefficient (Wildman–Crippen LogP) is 3.48. The van der Waals surface area contributed by atoms with Crippen molar-refractivity contribution in [2.45, 2.75) is 31.5 Å². The SMILES string of the molecule is O=C(c1cc2n(n1)[C@H](c1ccccc1)C[C@@H]2F)C1CC1. The summed E-state index contributed by atoms with van der Waals surface area (Å²) in [6.07, 6.45) is 1.27. The fourth-order valence-electron chi connectivity index (χ4n) is 2.94. The molecule has 0 amide bonds. The lowest BCUT2D eigenvalue weighted by Gasteiger charge is -2.11. The molecule has 4 heteroatoms. The van der Waals surface area contributed by atoms with Gasteiger partial charge in [-0.1, -0.05) is 30.3 Å². The van der Waals surface area contributed by atoms with Crippen LogP contribution in [0.2, 0.25) is 0 Å². The number of hydrogen-bond acceptors (Lipinski definition) is 2. The Morgan fingerprint density at radius 1 is 1.25 bits per heavy atom. The standard InChI is InChI=1S/C16H15FN2O/c17-12-8-14(10-4-2-1-3-5-10)19-15(12)9-13(18-19)16(20)11-6-7-11/h1-5,9,11-12,14H,6-8H2/t12-,14-/m0/s1. The van der Waals surface area contributed by atoms with Gasteiger partial charge in [-0.05, 0) is 24.5 Å². The zero-order valence-corrected chi connectivity index (χ0v) is 11.0. The van der Waals surface area contributed by atoms with Crippen LogP contribution in [0.25, 0.3) is 0 Å². The van der Waals surface area contributed by atoms with Crippen molar-refractivity contribution in [3.63, 3.8) is 0 Å². The molecule has 1 aromatic carbocycles. The second kappa shape index (κ2) is 4.27. The van der Waals surface area contributed by atoms with E-state index in [4.69, 9.17) is 0 Å². The number of nitrogens with zero attached hydrogens (tertiary/aromatic N) is 2. The van der Waals surface area contributed by atoms with Gasteiger partial charge >= 0.3 is 0 Å². The monoisotopic (exact) mass is 270 g/mol. The first kappa shape index (κ1) is 11.8. The lowest BCUT2D eigenvalue weighted by Crippen LogP contribution is -2.10. The summed E-state index contributed by atoms with van der Waals surface area (Å²) in [6.45, 7) is 0. The molecule has 1 aliphatic heterocycles. The van der Waals surface area contributed by atoms with Gasteiger partial charge in [-0.2, -0.15) is 5.10 Å². The Labute approximate surface area is 116 Å². The summed E-state index contributed by atoms with van der Waals surface area (Å²) in [5, 5.41) is 4.39. The number of rotatable bonds is 3. The van der Waals surface area contributed by atoms with Crippen LogP contribution in [0.5, 0.6) is 0 Å². The van der Waals surface area contributed by atoms with Gasteiger partial charge in [-0.3, -0.25) is 9.48 Å². The molecular weight excluding hydrogens is 255 g/mol. The maximum Gasteiger partial charge on any atom is 0.186 e. The highest BCUT2D eigenvalue weighted by molar-refractivity contribution is 5.97. The fraction of sp³-hybridized carbons (Fsp3) is 0.375. The van der Waals surface area contributed by atoms with Gasteiger partial charge in [0.25, 0.3) is 0 Å². The molecule has 2 aromatic rings. The number of benzene rings is 1. The third-order valence-corrected chi connectivity index (χ3v) is 4.20. The van der Waals surface area contributed by atoms with Gasteiger partial charge in [0, 0.05) is 12.3 Å². The van der Waals surface area contributed by atoms with E-state index >= 15 is 0 Å². The molecule has 1 aliphatic carbocycles. The summed E-state index contributed by atoms with van der Waals surface area (Å²) in [5.41, 5.74) is 2.02.